The summed E-state index contributed by atoms with van der Waals surface area (Å²) in [5.41, 5.74) is 5.00. The first-order chi connectivity index (χ1) is 13.2. The second-order valence-corrected chi connectivity index (χ2v) is 7.38. The van der Waals surface area contributed by atoms with Gasteiger partial charge in [-0.1, -0.05) is 18.2 Å². The molecule has 4 rings (SSSR count). The number of hydrogen-bond donors (Lipinski definition) is 3. The van der Waals surface area contributed by atoms with Crippen molar-refractivity contribution in [1.29, 1.82) is 0 Å². The molecule has 0 atom stereocenters. The molecule has 3 N–H and O–H groups in total. The van der Waals surface area contributed by atoms with Crippen LogP contribution in [-0.4, -0.2) is 24.4 Å². The quantitative estimate of drug-likeness (QED) is 0.736. The summed E-state index contributed by atoms with van der Waals surface area (Å²) < 4.78 is 0. The van der Waals surface area contributed by atoms with Crippen LogP contribution in [-0.2, 0) is 17.6 Å². The average molecular weight is 363 g/mol. The molecule has 2 aliphatic carbocycles. The fourth-order valence-electron chi connectivity index (χ4n) is 3.56. The van der Waals surface area contributed by atoms with Crippen molar-refractivity contribution in [2.45, 2.75) is 44.6 Å². The van der Waals surface area contributed by atoms with Crippen molar-refractivity contribution in [3.63, 3.8) is 0 Å². The van der Waals surface area contributed by atoms with E-state index in [1.807, 2.05) is 12.1 Å². The highest BCUT2D eigenvalue weighted by atomic mass is 16.2. The number of hydrogen-bond acceptors (Lipinski definition) is 3. The maximum atomic E-state index is 12.3. The van der Waals surface area contributed by atoms with E-state index >= 15 is 0 Å². The Morgan fingerprint density at radius 3 is 2.67 bits per heavy atom. The molecule has 1 saturated carbocycles. The lowest BCUT2D eigenvalue weighted by Gasteiger charge is -2.20. The number of anilines is 2. The van der Waals surface area contributed by atoms with Gasteiger partial charge in [-0.15, -0.1) is 0 Å². The molecular formula is C22H25N3O2. The molecule has 0 bridgehead atoms. The zero-order valence-electron chi connectivity index (χ0n) is 15.4. The smallest absolute Gasteiger partial charge is 0.251 e. The third-order valence-corrected chi connectivity index (χ3v) is 5.16. The Morgan fingerprint density at radius 1 is 1.00 bits per heavy atom. The Balaban J connectivity index is 1.35. The van der Waals surface area contributed by atoms with Gasteiger partial charge in [-0.25, -0.2) is 0 Å². The molecule has 1 fully saturated rings. The third kappa shape index (κ3) is 4.48. The molecule has 0 unspecified atom stereocenters. The van der Waals surface area contributed by atoms with Gasteiger partial charge in [0.15, 0.2) is 0 Å². The van der Waals surface area contributed by atoms with Gasteiger partial charge >= 0.3 is 0 Å². The summed E-state index contributed by atoms with van der Waals surface area (Å²) in [6.07, 6.45) is 6.73. The van der Waals surface area contributed by atoms with Crippen molar-refractivity contribution in [2.75, 3.05) is 17.2 Å². The van der Waals surface area contributed by atoms with Crippen molar-refractivity contribution < 1.29 is 9.59 Å². The number of aryl methyl sites for hydroxylation is 1. The molecule has 5 nitrogen and oxygen atoms in total. The summed E-state index contributed by atoms with van der Waals surface area (Å²) in [6.45, 7) is 0.203. The molecule has 0 heterocycles. The van der Waals surface area contributed by atoms with Gasteiger partial charge in [0, 0.05) is 23.0 Å². The van der Waals surface area contributed by atoms with Crippen molar-refractivity contribution in [1.82, 2.24) is 5.32 Å². The number of rotatable bonds is 6. The molecule has 2 amide bonds. The largest absolute Gasteiger partial charge is 0.376 e. The van der Waals surface area contributed by atoms with Crippen LogP contribution in [0.2, 0.25) is 0 Å². The summed E-state index contributed by atoms with van der Waals surface area (Å²) in [4.78, 5) is 24.5. The van der Waals surface area contributed by atoms with Crippen LogP contribution in [0.25, 0.3) is 0 Å². The number of carbonyl (C=O) groups is 2. The van der Waals surface area contributed by atoms with Crippen molar-refractivity contribution in [3.8, 4) is 0 Å². The van der Waals surface area contributed by atoms with Gasteiger partial charge in [0.05, 0.1) is 6.54 Å². The van der Waals surface area contributed by atoms with Gasteiger partial charge < -0.3 is 16.0 Å². The fraction of sp³-hybridized carbons (Fsp3) is 0.364. The van der Waals surface area contributed by atoms with Gasteiger partial charge in [-0.2, -0.15) is 0 Å². The van der Waals surface area contributed by atoms with E-state index in [1.54, 1.807) is 24.3 Å². The first-order valence-electron chi connectivity index (χ1n) is 9.74. The van der Waals surface area contributed by atoms with Crippen LogP contribution in [0.3, 0.4) is 0 Å². The van der Waals surface area contributed by atoms with Crippen LogP contribution in [0.4, 0.5) is 11.4 Å². The molecule has 0 radical (unpaired) electrons. The second-order valence-electron chi connectivity index (χ2n) is 7.38. The molecule has 5 heteroatoms. The summed E-state index contributed by atoms with van der Waals surface area (Å²) in [6, 6.07) is 13.7. The van der Waals surface area contributed by atoms with E-state index in [1.165, 1.54) is 24.0 Å². The van der Waals surface area contributed by atoms with Crippen molar-refractivity contribution >= 4 is 23.2 Å². The van der Waals surface area contributed by atoms with E-state index in [4.69, 9.17) is 0 Å². The van der Waals surface area contributed by atoms with E-state index in [9.17, 15) is 9.59 Å². The maximum absolute atomic E-state index is 12.3. The van der Waals surface area contributed by atoms with E-state index in [2.05, 4.69) is 22.0 Å². The molecule has 0 aliphatic heterocycles. The molecule has 27 heavy (non-hydrogen) atoms. The average Bonchev–Trinajstić information content (AvgIpc) is 3.50. The highest BCUT2D eigenvalue weighted by Gasteiger charge is 2.23. The molecule has 140 valence electrons. The van der Waals surface area contributed by atoms with Gasteiger partial charge in [0.1, 0.15) is 0 Å². The van der Waals surface area contributed by atoms with Crippen LogP contribution < -0.4 is 16.0 Å². The summed E-state index contributed by atoms with van der Waals surface area (Å²) in [5, 5.41) is 9.11. The number of fused-ring (bicyclic) bond motifs is 1. The zero-order chi connectivity index (χ0) is 18.6. The van der Waals surface area contributed by atoms with Crippen LogP contribution in [0.15, 0.2) is 42.5 Å². The van der Waals surface area contributed by atoms with E-state index < -0.39 is 0 Å². The standard InChI is InChI=1S/C22H25N3O2/c26-21(14-23-20-10-4-6-15-5-1-2-9-19(15)20)24-18-8-3-7-16(13-18)22(27)25-17-11-12-17/h3-4,6-8,10,13,17,23H,1-2,5,9,11-12,14H2,(H,24,26)(H,25,27). The molecule has 2 aromatic rings. The number of benzene rings is 2. The Bertz CT molecular complexity index is 858. The predicted molar refractivity (Wildman–Crippen MR) is 107 cm³/mol. The lowest BCUT2D eigenvalue weighted by Crippen LogP contribution is -2.26. The highest BCUT2D eigenvalue weighted by Crippen LogP contribution is 2.27. The van der Waals surface area contributed by atoms with E-state index in [-0.39, 0.29) is 18.4 Å². The Labute approximate surface area is 159 Å². The van der Waals surface area contributed by atoms with Crippen LogP contribution in [0.5, 0.6) is 0 Å². The number of amides is 2. The fourth-order valence-corrected chi connectivity index (χ4v) is 3.56. The molecule has 2 aromatic carbocycles. The summed E-state index contributed by atoms with van der Waals surface area (Å²) in [7, 11) is 0. The van der Waals surface area contributed by atoms with Gasteiger partial charge in [0.2, 0.25) is 5.91 Å². The Kier molecular flexibility index (Phi) is 5.10. The Morgan fingerprint density at radius 2 is 1.81 bits per heavy atom. The zero-order valence-corrected chi connectivity index (χ0v) is 15.4. The monoisotopic (exact) mass is 363 g/mol. The molecule has 2 aliphatic rings. The SMILES string of the molecule is O=C(CNc1cccc2c1CCCC2)Nc1cccc(C(=O)NC2CC2)c1. The van der Waals surface area contributed by atoms with Gasteiger partial charge in [-0.05, 0) is 73.9 Å². The predicted octanol–water partition coefficient (Wildman–Crippen LogP) is 3.51. The summed E-state index contributed by atoms with van der Waals surface area (Å²) in [5.74, 6) is -0.203. The first-order valence-corrected chi connectivity index (χ1v) is 9.74. The lowest BCUT2D eigenvalue weighted by atomic mass is 9.90. The van der Waals surface area contributed by atoms with Crippen molar-refractivity contribution in [3.05, 3.63) is 59.2 Å². The number of nitrogens with one attached hydrogen (secondary N) is 3. The van der Waals surface area contributed by atoms with Crippen LogP contribution in [0, 0.1) is 0 Å². The molecule has 0 spiro atoms. The van der Waals surface area contributed by atoms with Crippen LogP contribution >= 0.6 is 0 Å². The summed E-state index contributed by atoms with van der Waals surface area (Å²) >= 11 is 0. The minimum Gasteiger partial charge on any atom is -0.376 e. The molecular weight excluding hydrogens is 338 g/mol. The maximum Gasteiger partial charge on any atom is 0.251 e. The Hall–Kier alpha value is -2.82. The molecule has 0 saturated heterocycles. The van der Waals surface area contributed by atoms with E-state index in [0.29, 0.717) is 17.3 Å². The van der Waals surface area contributed by atoms with Gasteiger partial charge in [0.25, 0.3) is 5.91 Å². The topological polar surface area (TPSA) is 70.2 Å². The number of carbonyl (C=O) groups excluding carboxylic acids is 2. The van der Waals surface area contributed by atoms with E-state index in [0.717, 1.165) is 31.4 Å². The minimum atomic E-state index is -0.122. The first kappa shape index (κ1) is 17.6. The highest BCUT2D eigenvalue weighted by molar-refractivity contribution is 5.98. The van der Waals surface area contributed by atoms with Crippen LogP contribution in [0.1, 0.15) is 47.2 Å². The lowest BCUT2D eigenvalue weighted by molar-refractivity contribution is -0.114. The van der Waals surface area contributed by atoms with Gasteiger partial charge in [-0.3, -0.25) is 9.59 Å². The van der Waals surface area contributed by atoms with Crippen molar-refractivity contribution in [2.24, 2.45) is 0 Å². The molecule has 0 aromatic heterocycles. The third-order valence-electron chi connectivity index (χ3n) is 5.16. The minimum absolute atomic E-state index is 0.0809. The second kappa shape index (κ2) is 7.82. The normalized spacial score (nSPS) is 15.6.